The van der Waals surface area contributed by atoms with E-state index in [9.17, 15) is 4.57 Å². The van der Waals surface area contributed by atoms with Crippen molar-refractivity contribution in [3.8, 4) is 0 Å². The lowest BCUT2D eigenvalue weighted by Gasteiger charge is -2.15. The monoisotopic (exact) mass is 414 g/mol. The normalized spacial score (nSPS) is 14.4. The molecule has 0 bridgehead atoms. The third-order valence-corrected chi connectivity index (χ3v) is 6.52. The van der Waals surface area contributed by atoms with Gasteiger partial charge in [0.2, 0.25) is 7.29 Å². The fraction of sp³-hybridized carbons (Fsp3) is 0. The Morgan fingerprint density at radius 2 is 1.33 bits per heavy atom. The van der Waals surface area contributed by atoms with Crippen LogP contribution in [0.15, 0.2) is 96.8 Å². The number of hydrogen-bond acceptors (Lipinski definition) is 2. The van der Waals surface area contributed by atoms with Gasteiger partial charge in [-0.05, 0) is 23.3 Å². The summed E-state index contributed by atoms with van der Waals surface area (Å²) < 4.78 is 13.7. The molecule has 6 heteroatoms. The molecule has 0 radical (unpaired) electrons. The number of aromatic nitrogens is 1. The van der Waals surface area contributed by atoms with E-state index in [0.717, 1.165) is 11.1 Å². The number of anilines is 1. The van der Waals surface area contributed by atoms with Gasteiger partial charge in [0.1, 0.15) is 0 Å². The lowest BCUT2D eigenvalue weighted by molar-refractivity contribution is 0.589. The van der Waals surface area contributed by atoms with E-state index in [1.165, 1.54) is 11.6 Å². The zero-order valence-electron chi connectivity index (χ0n) is 14.3. The van der Waals surface area contributed by atoms with Crippen molar-refractivity contribution in [3.63, 3.8) is 0 Å². The molecule has 0 atom stereocenters. The highest BCUT2D eigenvalue weighted by atomic mass is 35.5. The summed E-state index contributed by atoms with van der Waals surface area (Å²) >= 11 is 12.9. The third kappa shape index (κ3) is 5.58. The van der Waals surface area contributed by atoms with Crippen molar-refractivity contribution in [1.82, 2.24) is 4.98 Å². The number of hydrogen-bond donors (Lipinski definition) is 1. The zero-order valence-corrected chi connectivity index (χ0v) is 16.7. The molecule has 0 spiro atoms. The molecule has 0 amide bonds. The van der Waals surface area contributed by atoms with Gasteiger partial charge in [0.05, 0.1) is 21.9 Å². The van der Waals surface area contributed by atoms with Gasteiger partial charge in [0.15, 0.2) is 0 Å². The van der Waals surface area contributed by atoms with Gasteiger partial charge in [-0.25, -0.2) is 0 Å². The second kappa shape index (κ2) is 9.05. The molecule has 27 heavy (non-hydrogen) atoms. The van der Waals surface area contributed by atoms with Crippen LogP contribution in [-0.4, -0.2) is 4.98 Å². The molecule has 2 aromatic carbocycles. The molecule has 136 valence electrons. The second-order valence-electron chi connectivity index (χ2n) is 5.75. The highest BCUT2D eigenvalue weighted by Crippen LogP contribution is 2.53. The van der Waals surface area contributed by atoms with Crippen molar-refractivity contribution in [2.45, 2.75) is 0 Å². The van der Waals surface area contributed by atoms with Crippen molar-refractivity contribution < 1.29 is 4.57 Å². The van der Waals surface area contributed by atoms with Gasteiger partial charge in [-0.1, -0.05) is 83.9 Å². The minimum Gasteiger partial charge on any atom is -0.329 e. The van der Waals surface area contributed by atoms with Gasteiger partial charge in [0, 0.05) is 17.8 Å². The van der Waals surface area contributed by atoms with Crippen LogP contribution in [0, 0.1) is 0 Å². The fourth-order valence-electron chi connectivity index (χ4n) is 2.41. The first-order valence-corrected chi connectivity index (χ1v) is 10.8. The molecule has 1 N–H and O–H groups in total. The number of benzene rings is 2. The largest absolute Gasteiger partial charge is 0.329 e. The van der Waals surface area contributed by atoms with E-state index in [0.29, 0.717) is 15.8 Å². The molecule has 0 saturated heterocycles. The standard InChI is InChI=1S/C21H17Cl2N2OP/c22-20(17-8-3-1-4-9-17)15-27(26,25-19-12-7-13-24-14-19)16-21(23)18-10-5-2-6-11-18/h1-16H,(H,25,26). The molecular formula is C21H17Cl2N2OP. The van der Waals surface area contributed by atoms with Crippen LogP contribution in [0.2, 0.25) is 0 Å². The highest BCUT2D eigenvalue weighted by Gasteiger charge is 2.19. The predicted octanol–water partition coefficient (Wildman–Crippen LogP) is 7.25. The first kappa shape index (κ1) is 19.4. The van der Waals surface area contributed by atoms with E-state index in [2.05, 4.69) is 10.1 Å². The molecule has 3 nitrogen and oxygen atoms in total. The maximum absolute atomic E-state index is 13.7. The molecule has 0 unspecified atom stereocenters. The van der Waals surface area contributed by atoms with Crippen molar-refractivity contribution in [1.29, 1.82) is 0 Å². The number of halogens is 2. The SMILES string of the molecule is O=P(C=C(Cl)c1ccccc1)(C=C(Cl)c1ccccc1)Nc1cccnc1. The number of nitrogens with one attached hydrogen (secondary N) is 1. The van der Waals surface area contributed by atoms with E-state index >= 15 is 0 Å². The van der Waals surface area contributed by atoms with Gasteiger partial charge in [0.25, 0.3) is 0 Å². The van der Waals surface area contributed by atoms with Crippen molar-refractivity contribution in [2.24, 2.45) is 0 Å². The Balaban J connectivity index is 2.02. The summed E-state index contributed by atoms with van der Waals surface area (Å²) in [6, 6.07) is 22.3. The molecule has 0 fully saturated rings. The summed E-state index contributed by atoms with van der Waals surface area (Å²) in [5.41, 5.74) is 2.16. The Morgan fingerprint density at radius 3 is 1.78 bits per heavy atom. The van der Waals surface area contributed by atoms with Crippen LogP contribution in [0.3, 0.4) is 0 Å². The molecule has 1 heterocycles. The van der Waals surface area contributed by atoms with Gasteiger partial charge in [-0.15, -0.1) is 0 Å². The molecule has 3 rings (SSSR count). The summed E-state index contributed by atoms with van der Waals surface area (Å²) in [6.07, 6.45) is 3.25. The summed E-state index contributed by atoms with van der Waals surface area (Å²) in [6.45, 7) is 0. The lowest BCUT2D eigenvalue weighted by atomic mass is 10.2. The van der Waals surface area contributed by atoms with Crippen LogP contribution in [-0.2, 0) is 4.57 Å². The van der Waals surface area contributed by atoms with Gasteiger partial charge in [-0.2, -0.15) is 0 Å². The number of rotatable bonds is 6. The minimum absolute atomic E-state index is 0.379. The van der Waals surface area contributed by atoms with Crippen LogP contribution in [0.25, 0.3) is 10.1 Å². The average molecular weight is 415 g/mol. The Kier molecular flexibility index (Phi) is 6.52. The minimum atomic E-state index is -3.26. The van der Waals surface area contributed by atoms with E-state index in [1.54, 1.807) is 24.5 Å². The maximum atomic E-state index is 13.7. The van der Waals surface area contributed by atoms with Crippen LogP contribution in [0.5, 0.6) is 0 Å². The van der Waals surface area contributed by atoms with E-state index in [-0.39, 0.29) is 0 Å². The topological polar surface area (TPSA) is 42.0 Å². The van der Waals surface area contributed by atoms with Gasteiger partial charge < -0.3 is 5.09 Å². The first-order valence-electron chi connectivity index (χ1n) is 8.21. The van der Waals surface area contributed by atoms with Crippen molar-refractivity contribution in [2.75, 3.05) is 5.09 Å². The van der Waals surface area contributed by atoms with Crippen molar-refractivity contribution in [3.05, 3.63) is 108 Å². The smallest absolute Gasteiger partial charge is 0.216 e. The van der Waals surface area contributed by atoms with E-state index in [1.807, 2.05) is 60.7 Å². The first-order chi connectivity index (χ1) is 13.1. The lowest BCUT2D eigenvalue weighted by Crippen LogP contribution is -1.94. The Labute approximate surface area is 168 Å². The van der Waals surface area contributed by atoms with Crippen LogP contribution >= 0.6 is 30.5 Å². The van der Waals surface area contributed by atoms with E-state index in [4.69, 9.17) is 23.2 Å². The van der Waals surface area contributed by atoms with Crippen LogP contribution in [0.4, 0.5) is 5.69 Å². The molecule has 0 aliphatic carbocycles. The molecular weight excluding hydrogens is 398 g/mol. The zero-order chi connectivity index (χ0) is 19.1. The molecule has 0 saturated carbocycles. The summed E-state index contributed by atoms with van der Waals surface area (Å²) in [5.74, 6) is 3.03. The predicted molar refractivity (Wildman–Crippen MR) is 116 cm³/mol. The fourth-order valence-corrected chi connectivity index (χ4v) is 5.25. The Hall–Kier alpha value is -2.32. The average Bonchev–Trinajstić information content (AvgIpc) is 2.69. The molecule has 0 aliphatic heterocycles. The van der Waals surface area contributed by atoms with Crippen LogP contribution in [0.1, 0.15) is 11.1 Å². The highest BCUT2D eigenvalue weighted by molar-refractivity contribution is 7.72. The molecule has 3 aromatic rings. The van der Waals surface area contributed by atoms with E-state index < -0.39 is 7.29 Å². The summed E-state index contributed by atoms with van der Waals surface area (Å²) in [7, 11) is -3.26. The molecule has 1 aromatic heterocycles. The summed E-state index contributed by atoms with van der Waals surface area (Å²) in [4.78, 5) is 4.05. The second-order valence-corrected chi connectivity index (χ2v) is 8.72. The quantitative estimate of drug-likeness (QED) is 0.431. The van der Waals surface area contributed by atoms with Gasteiger partial charge >= 0.3 is 0 Å². The Bertz CT molecular complexity index is 931. The maximum Gasteiger partial charge on any atom is 0.216 e. The Morgan fingerprint density at radius 1 is 0.815 bits per heavy atom. The number of pyridine rings is 1. The van der Waals surface area contributed by atoms with Crippen molar-refractivity contribution >= 4 is 46.2 Å². The van der Waals surface area contributed by atoms with Gasteiger partial charge in [-0.3, -0.25) is 9.55 Å². The summed E-state index contributed by atoms with van der Waals surface area (Å²) in [5, 5.41) is 3.79. The van der Waals surface area contributed by atoms with Crippen LogP contribution < -0.4 is 5.09 Å². The molecule has 0 aliphatic rings. The number of nitrogens with zero attached hydrogens (tertiary/aromatic N) is 1. The third-order valence-electron chi connectivity index (χ3n) is 3.67.